The average Bonchev–Trinajstić information content (AvgIpc) is 3.25. The molecule has 11 heteroatoms. The second-order valence-corrected chi connectivity index (χ2v) is 8.05. The number of halogens is 4. The highest BCUT2D eigenvalue weighted by molar-refractivity contribution is 6.30. The van der Waals surface area contributed by atoms with Crippen LogP contribution >= 0.6 is 11.6 Å². The molecule has 1 saturated heterocycles. The van der Waals surface area contributed by atoms with Crippen molar-refractivity contribution in [1.29, 1.82) is 0 Å². The van der Waals surface area contributed by atoms with Crippen LogP contribution in [0.25, 0.3) is 0 Å². The molecule has 3 aromatic rings. The van der Waals surface area contributed by atoms with Gasteiger partial charge < -0.3 is 20.3 Å². The second-order valence-electron chi connectivity index (χ2n) is 7.62. The van der Waals surface area contributed by atoms with Crippen LogP contribution < -0.4 is 20.3 Å². The summed E-state index contributed by atoms with van der Waals surface area (Å²) < 4.78 is 41.0. The zero-order chi connectivity index (χ0) is 24.1. The van der Waals surface area contributed by atoms with Crippen molar-refractivity contribution in [3.8, 4) is 5.75 Å². The van der Waals surface area contributed by atoms with Gasteiger partial charge in [0.25, 0.3) is 0 Å². The van der Waals surface area contributed by atoms with Crippen LogP contribution in [0.2, 0.25) is 5.02 Å². The van der Waals surface area contributed by atoms with Crippen LogP contribution in [0.3, 0.4) is 0 Å². The molecule has 2 aromatic carbocycles. The van der Waals surface area contributed by atoms with Crippen LogP contribution in [-0.2, 0) is 6.54 Å². The molecule has 7 nitrogen and oxygen atoms in total. The predicted molar refractivity (Wildman–Crippen MR) is 124 cm³/mol. The molecule has 0 saturated carbocycles. The Morgan fingerprint density at radius 2 is 1.76 bits per heavy atom. The van der Waals surface area contributed by atoms with E-state index in [1.807, 2.05) is 6.07 Å². The van der Waals surface area contributed by atoms with Gasteiger partial charge in [-0.2, -0.15) is 0 Å². The van der Waals surface area contributed by atoms with E-state index in [-0.39, 0.29) is 5.75 Å². The largest absolute Gasteiger partial charge is 0.573 e. The summed E-state index contributed by atoms with van der Waals surface area (Å²) in [5, 5.41) is 6.15. The lowest BCUT2D eigenvalue weighted by atomic mass is 10.2. The normalized spacial score (nSPS) is 14.2. The van der Waals surface area contributed by atoms with Crippen molar-refractivity contribution in [3.63, 3.8) is 0 Å². The lowest BCUT2D eigenvalue weighted by Crippen LogP contribution is -2.26. The van der Waals surface area contributed by atoms with Gasteiger partial charge in [-0.05, 0) is 60.2 Å². The zero-order valence-electron chi connectivity index (χ0n) is 17.8. The summed E-state index contributed by atoms with van der Waals surface area (Å²) >= 11 is 5.87. The van der Waals surface area contributed by atoms with Crippen LogP contribution in [0.15, 0.2) is 67.0 Å². The zero-order valence-corrected chi connectivity index (χ0v) is 18.6. The third kappa shape index (κ3) is 6.52. The van der Waals surface area contributed by atoms with Gasteiger partial charge in [0.05, 0.1) is 18.6 Å². The number of alkyl halides is 3. The first-order chi connectivity index (χ1) is 16.2. The van der Waals surface area contributed by atoms with Crippen molar-refractivity contribution < 1.29 is 22.7 Å². The van der Waals surface area contributed by atoms with Gasteiger partial charge in [-0.3, -0.25) is 9.88 Å². The number of ether oxygens (including phenoxy) is 1. The summed E-state index contributed by atoms with van der Waals surface area (Å²) in [6, 6.07) is 14.0. The summed E-state index contributed by atoms with van der Waals surface area (Å²) in [5.74, 6) is -0.253. The fraction of sp³-hybridized carbons (Fsp3) is 0.217. The van der Waals surface area contributed by atoms with Gasteiger partial charge in [0, 0.05) is 42.2 Å². The van der Waals surface area contributed by atoms with Crippen molar-refractivity contribution in [2.75, 3.05) is 35.3 Å². The number of anilines is 3. The SMILES string of the molecule is O=C(Nc1ccc(Cl)cc1)Nc1cnccc1CN1CCN(c2ccc(OC(F)(F)F)cc2)C1. The Kier molecular flexibility index (Phi) is 7.09. The molecule has 1 aromatic heterocycles. The van der Waals surface area contributed by atoms with Gasteiger partial charge in [-0.15, -0.1) is 13.2 Å². The fourth-order valence-electron chi connectivity index (χ4n) is 3.58. The van der Waals surface area contributed by atoms with Crippen LogP contribution in [0.1, 0.15) is 5.56 Å². The van der Waals surface area contributed by atoms with Gasteiger partial charge in [0.1, 0.15) is 5.75 Å². The maximum Gasteiger partial charge on any atom is 0.573 e. The summed E-state index contributed by atoms with van der Waals surface area (Å²) in [6.45, 7) is 2.60. The third-order valence-electron chi connectivity index (χ3n) is 5.15. The Labute approximate surface area is 199 Å². The summed E-state index contributed by atoms with van der Waals surface area (Å²) in [4.78, 5) is 20.7. The number of carbonyl (C=O) groups is 1. The number of hydrogen-bond donors (Lipinski definition) is 2. The Balaban J connectivity index is 1.35. The predicted octanol–water partition coefficient (Wildman–Crippen LogP) is 5.56. The van der Waals surface area contributed by atoms with Crippen molar-refractivity contribution in [1.82, 2.24) is 9.88 Å². The Morgan fingerprint density at radius 3 is 2.47 bits per heavy atom. The first-order valence-corrected chi connectivity index (χ1v) is 10.7. The van der Waals surface area contributed by atoms with Gasteiger partial charge in [0.15, 0.2) is 0 Å². The number of hydrogen-bond acceptors (Lipinski definition) is 5. The summed E-state index contributed by atoms with van der Waals surface area (Å²) in [7, 11) is 0. The standard InChI is InChI=1S/C23H21ClF3N5O2/c24-17-1-3-18(4-2-17)29-22(33)30-21-13-28-10-9-16(21)14-31-11-12-32(15-31)19-5-7-20(8-6-19)34-23(25,26)27/h1-10,13H,11-12,14-15H2,(H2,29,30,33). The van der Waals surface area contributed by atoms with Crippen molar-refractivity contribution in [2.24, 2.45) is 0 Å². The van der Waals surface area contributed by atoms with Crippen LogP contribution in [-0.4, -0.2) is 42.0 Å². The minimum atomic E-state index is -4.71. The van der Waals surface area contributed by atoms with Crippen LogP contribution in [0, 0.1) is 0 Å². The van der Waals surface area contributed by atoms with Crippen molar-refractivity contribution >= 4 is 34.7 Å². The second kappa shape index (κ2) is 10.2. The first kappa shape index (κ1) is 23.7. The Hall–Kier alpha value is -3.50. The molecule has 0 spiro atoms. The van der Waals surface area contributed by atoms with E-state index < -0.39 is 12.4 Å². The molecule has 178 valence electrons. The molecule has 2 heterocycles. The van der Waals surface area contributed by atoms with Gasteiger partial charge in [0.2, 0.25) is 0 Å². The highest BCUT2D eigenvalue weighted by Crippen LogP contribution is 2.27. The van der Waals surface area contributed by atoms with E-state index in [1.54, 1.807) is 48.8 Å². The van der Waals surface area contributed by atoms with E-state index in [1.165, 1.54) is 12.1 Å². The summed E-state index contributed by atoms with van der Waals surface area (Å²) in [5.41, 5.74) is 2.87. The molecule has 2 N–H and O–H groups in total. The molecule has 34 heavy (non-hydrogen) atoms. The molecule has 0 unspecified atom stereocenters. The van der Waals surface area contributed by atoms with E-state index in [9.17, 15) is 18.0 Å². The molecule has 0 bridgehead atoms. The smallest absolute Gasteiger partial charge is 0.406 e. The van der Waals surface area contributed by atoms with E-state index >= 15 is 0 Å². The lowest BCUT2D eigenvalue weighted by Gasteiger charge is -2.21. The van der Waals surface area contributed by atoms with E-state index in [4.69, 9.17) is 11.6 Å². The average molecular weight is 492 g/mol. The number of nitrogens with one attached hydrogen (secondary N) is 2. The molecular formula is C23H21ClF3N5O2. The van der Waals surface area contributed by atoms with Gasteiger partial charge in [-0.25, -0.2) is 4.79 Å². The number of benzene rings is 2. The monoisotopic (exact) mass is 491 g/mol. The highest BCUT2D eigenvalue weighted by Gasteiger charge is 2.31. The number of pyridine rings is 1. The van der Waals surface area contributed by atoms with Gasteiger partial charge >= 0.3 is 12.4 Å². The molecule has 4 rings (SSSR count). The van der Waals surface area contributed by atoms with Crippen molar-refractivity contribution in [3.05, 3.63) is 77.6 Å². The number of amides is 2. The number of urea groups is 1. The lowest BCUT2D eigenvalue weighted by molar-refractivity contribution is -0.274. The first-order valence-electron chi connectivity index (χ1n) is 10.3. The molecule has 0 atom stereocenters. The number of nitrogens with zero attached hydrogens (tertiary/aromatic N) is 3. The Morgan fingerprint density at radius 1 is 1.03 bits per heavy atom. The van der Waals surface area contributed by atoms with E-state index in [2.05, 4.69) is 30.2 Å². The van der Waals surface area contributed by atoms with Gasteiger partial charge in [-0.1, -0.05) is 11.6 Å². The quantitative estimate of drug-likeness (QED) is 0.472. The molecular weight excluding hydrogens is 471 g/mol. The number of rotatable bonds is 6. The third-order valence-corrected chi connectivity index (χ3v) is 5.40. The molecule has 1 fully saturated rings. The maximum atomic E-state index is 12.4. The Bertz CT molecular complexity index is 1130. The molecule has 2 amide bonds. The minimum absolute atomic E-state index is 0.253. The molecule has 0 radical (unpaired) electrons. The van der Waals surface area contributed by atoms with Crippen molar-refractivity contribution in [2.45, 2.75) is 12.9 Å². The maximum absolute atomic E-state index is 12.4. The van der Waals surface area contributed by atoms with E-state index in [0.717, 1.165) is 17.8 Å². The number of carbonyl (C=O) groups excluding carboxylic acids is 1. The van der Waals surface area contributed by atoms with Crippen LogP contribution in [0.5, 0.6) is 5.75 Å². The van der Waals surface area contributed by atoms with Crippen LogP contribution in [0.4, 0.5) is 35.0 Å². The molecule has 1 aliphatic rings. The molecule has 0 aliphatic carbocycles. The number of aromatic nitrogens is 1. The topological polar surface area (TPSA) is 69.7 Å². The fourth-order valence-corrected chi connectivity index (χ4v) is 3.70. The van der Waals surface area contributed by atoms with E-state index in [0.29, 0.717) is 36.2 Å². The minimum Gasteiger partial charge on any atom is -0.406 e. The molecule has 1 aliphatic heterocycles. The summed E-state index contributed by atoms with van der Waals surface area (Å²) in [6.07, 6.45) is -1.47. The highest BCUT2D eigenvalue weighted by atomic mass is 35.5.